The molecule has 4 heteroatoms. The summed E-state index contributed by atoms with van der Waals surface area (Å²) in [4.78, 5) is 22.4. The van der Waals surface area contributed by atoms with Crippen molar-refractivity contribution >= 4 is 11.8 Å². The Morgan fingerprint density at radius 2 is 1.75 bits per heavy atom. The second kappa shape index (κ2) is 5.21. The number of hydrogen-bond donors (Lipinski definition) is 0. The summed E-state index contributed by atoms with van der Waals surface area (Å²) in [5, 5.41) is 0. The summed E-state index contributed by atoms with van der Waals surface area (Å²) >= 11 is 0. The predicted molar refractivity (Wildman–Crippen MR) is 57.0 cm³/mol. The second-order valence-corrected chi connectivity index (χ2v) is 3.03. The molecule has 16 heavy (non-hydrogen) atoms. The van der Waals surface area contributed by atoms with Crippen LogP contribution in [0.3, 0.4) is 0 Å². The Morgan fingerprint density at radius 3 is 2.19 bits per heavy atom. The summed E-state index contributed by atoms with van der Waals surface area (Å²) in [7, 11) is 0. The van der Waals surface area contributed by atoms with Crippen molar-refractivity contribution in [3.05, 3.63) is 47.8 Å². The Kier molecular flexibility index (Phi) is 3.94. The van der Waals surface area contributed by atoms with E-state index in [0.717, 1.165) is 0 Å². The third-order valence-corrected chi connectivity index (χ3v) is 1.90. The molecular weight excluding hydrogens is 211 g/mol. The van der Waals surface area contributed by atoms with Crippen LogP contribution in [0, 0.1) is 0 Å². The van der Waals surface area contributed by atoms with Crippen LogP contribution in [0.15, 0.2) is 36.7 Å². The highest BCUT2D eigenvalue weighted by Gasteiger charge is 2.11. The lowest BCUT2D eigenvalue weighted by Crippen LogP contribution is -2.05. The maximum absolute atomic E-state index is 12.5. The third-order valence-electron chi connectivity index (χ3n) is 1.90. The number of allylic oxidation sites excluding steroid dienone is 1. The van der Waals surface area contributed by atoms with Gasteiger partial charge < -0.3 is 4.74 Å². The van der Waals surface area contributed by atoms with Gasteiger partial charge in [-0.25, -0.2) is 9.18 Å². The molecule has 0 saturated carbocycles. The number of benzene rings is 1. The Hall–Kier alpha value is -1.97. The van der Waals surface area contributed by atoms with Crippen molar-refractivity contribution < 1.29 is 18.7 Å². The average Bonchev–Trinajstić information content (AvgIpc) is 2.28. The summed E-state index contributed by atoms with van der Waals surface area (Å²) in [6, 6.07) is 5.54. The molecule has 0 aliphatic rings. The molecule has 0 heterocycles. The van der Waals surface area contributed by atoms with Crippen LogP contribution in [0.1, 0.15) is 27.6 Å². The fourth-order valence-corrected chi connectivity index (χ4v) is 1.13. The molecule has 0 fully saturated rings. The molecule has 0 saturated heterocycles. The lowest BCUT2D eigenvalue weighted by molar-refractivity contribution is 0.0526. The molecule has 3 nitrogen and oxygen atoms in total. The van der Waals surface area contributed by atoms with Gasteiger partial charge in [0.05, 0.1) is 12.2 Å². The maximum atomic E-state index is 12.5. The molecule has 0 atom stereocenters. The minimum Gasteiger partial charge on any atom is -0.462 e. The molecular formula is C12H11FO3. The molecule has 0 unspecified atom stereocenters. The van der Waals surface area contributed by atoms with Crippen LogP contribution in [-0.4, -0.2) is 18.4 Å². The molecule has 0 aromatic heterocycles. The SMILES string of the molecule is C=C(F)C(=O)c1ccc(C(=O)OCC)cc1. The van der Waals surface area contributed by atoms with Crippen LogP contribution in [0.25, 0.3) is 0 Å². The monoisotopic (exact) mass is 222 g/mol. The van der Waals surface area contributed by atoms with Crippen LogP contribution in [0.4, 0.5) is 4.39 Å². The summed E-state index contributed by atoms with van der Waals surface area (Å²) in [6.07, 6.45) is 0. The maximum Gasteiger partial charge on any atom is 0.338 e. The highest BCUT2D eigenvalue weighted by Crippen LogP contribution is 2.10. The third kappa shape index (κ3) is 2.76. The van der Waals surface area contributed by atoms with Gasteiger partial charge in [-0.2, -0.15) is 0 Å². The lowest BCUT2D eigenvalue weighted by atomic mass is 10.1. The van der Waals surface area contributed by atoms with Gasteiger partial charge >= 0.3 is 5.97 Å². The first-order valence-electron chi connectivity index (χ1n) is 4.72. The number of hydrogen-bond acceptors (Lipinski definition) is 3. The van der Waals surface area contributed by atoms with Crippen molar-refractivity contribution in [2.75, 3.05) is 6.61 Å². The van der Waals surface area contributed by atoms with Crippen LogP contribution in [0.2, 0.25) is 0 Å². The number of carbonyl (C=O) groups is 2. The van der Waals surface area contributed by atoms with Gasteiger partial charge in [0.2, 0.25) is 5.78 Å². The molecule has 1 rings (SSSR count). The normalized spacial score (nSPS) is 9.62. The van der Waals surface area contributed by atoms with E-state index < -0.39 is 17.6 Å². The summed E-state index contributed by atoms with van der Waals surface area (Å²) < 4.78 is 17.3. The number of ether oxygens (including phenoxy) is 1. The van der Waals surface area contributed by atoms with E-state index in [0.29, 0.717) is 5.56 Å². The Balaban J connectivity index is 2.87. The van der Waals surface area contributed by atoms with Gasteiger partial charge in [0.25, 0.3) is 0 Å². The van der Waals surface area contributed by atoms with Crippen LogP contribution in [0.5, 0.6) is 0 Å². The van der Waals surface area contributed by atoms with Gasteiger partial charge in [0.1, 0.15) is 0 Å². The van der Waals surface area contributed by atoms with E-state index in [2.05, 4.69) is 6.58 Å². The van der Waals surface area contributed by atoms with Gasteiger partial charge in [-0.15, -0.1) is 0 Å². The molecule has 0 N–H and O–H groups in total. The topological polar surface area (TPSA) is 43.4 Å². The summed E-state index contributed by atoms with van der Waals surface area (Å²) in [5.74, 6) is -2.28. The molecule has 0 aliphatic heterocycles. The van der Waals surface area contributed by atoms with E-state index in [9.17, 15) is 14.0 Å². The minimum atomic E-state index is -1.02. The first-order chi connectivity index (χ1) is 7.56. The van der Waals surface area contributed by atoms with Gasteiger partial charge in [0, 0.05) is 5.56 Å². The lowest BCUT2D eigenvalue weighted by Gasteiger charge is -2.02. The van der Waals surface area contributed by atoms with Crippen molar-refractivity contribution in [1.82, 2.24) is 0 Å². The van der Waals surface area contributed by atoms with Crippen LogP contribution < -0.4 is 0 Å². The predicted octanol–water partition coefficient (Wildman–Crippen LogP) is 2.53. The molecule has 1 aromatic carbocycles. The van der Waals surface area contributed by atoms with Crippen LogP contribution in [-0.2, 0) is 4.74 Å². The van der Waals surface area contributed by atoms with Crippen molar-refractivity contribution in [2.24, 2.45) is 0 Å². The Bertz CT molecular complexity index is 420. The van der Waals surface area contributed by atoms with Crippen LogP contribution >= 0.6 is 0 Å². The zero-order valence-electron chi connectivity index (χ0n) is 8.83. The highest BCUT2D eigenvalue weighted by atomic mass is 19.1. The highest BCUT2D eigenvalue weighted by molar-refractivity contribution is 6.07. The molecule has 0 aliphatic carbocycles. The van der Waals surface area contributed by atoms with Gasteiger partial charge in [-0.3, -0.25) is 4.79 Å². The smallest absolute Gasteiger partial charge is 0.338 e. The Morgan fingerprint density at radius 1 is 1.25 bits per heavy atom. The number of ketones is 1. The van der Waals surface area contributed by atoms with Crippen molar-refractivity contribution in [1.29, 1.82) is 0 Å². The zero-order chi connectivity index (χ0) is 12.1. The fourth-order valence-electron chi connectivity index (χ4n) is 1.13. The van der Waals surface area contributed by atoms with E-state index in [4.69, 9.17) is 4.74 Å². The molecule has 1 aromatic rings. The van der Waals surface area contributed by atoms with Gasteiger partial charge in [-0.05, 0) is 19.1 Å². The average molecular weight is 222 g/mol. The fraction of sp³-hybridized carbons (Fsp3) is 0.167. The van der Waals surface area contributed by atoms with Crippen molar-refractivity contribution in [3.8, 4) is 0 Å². The number of esters is 1. The second-order valence-electron chi connectivity index (χ2n) is 3.03. The van der Waals surface area contributed by atoms with Crippen molar-refractivity contribution in [3.63, 3.8) is 0 Å². The molecule has 0 radical (unpaired) electrons. The summed E-state index contributed by atoms with van der Waals surface area (Å²) in [5.41, 5.74) is 0.475. The molecule has 0 bridgehead atoms. The van der Waals surface area contributed by atoms with E-state index >= 15 is 0 Å². The number of carbonyl (C=O) groups excluding carboxylic acids is 2. The van der Waals surface area contributed by atoms with Crippen molar-refractivity contribution in [2.45, 2.75) is 6.92 Å². The number of rotatable bonds is 4. The molecule has 0 spiro atoms. The molecule has 84 valence electrons. The number of halogens is 1. The standard InChI is InChI=1S/C12H11FO3/c1-3-16-12(15)10-6-4-9(5-7-10)11(14)8(2)13/h4-7H,2-3H2,1H3. The first-order valence-corrected chi connectivity index (χ1v) is 4.72. The van der Waals surface area contributed by atoms with Gasteiger partial charge in [0.15, 0.2) is 5.83 Å². The first kappa shape index (κ1) is 12.1. The van der Waals surface area contributed by atoms with E-state index in [1.165, 1.54) is 24.3 Å². The van der Waals surface area contributed by atoms with E-state index in [1.807, 2.05) is 0 Å². The number of Topliss-reactive ketones (excluding diaryl/α,β-unsaturated/α-hetero) is 1. The zero-order valence-corrected chi connectivity index (χ0v) is 8.83. The van der Waals surface area contributed by atoms with E-state index in [1.54, 1.807) is 6.92 Å². The van der Waals surface area contributed by atoms with Gasteiger partial charge in [-0.1, -0.05) is 18.7 Å². The van der Waals surface area contributed by atoms with E-state index in [-0.39, 0.29) is 12.2 Å². The Labute approximate surface area is 92.5 Å². The molecule has 0 amide bonds. The summed E-state index contributed by atoms with van der Waals surface area (Å²) in [6.45, 7) is 4.89. The quantitative estimate of drug-likeness (QED) is 0.446. The minimum absolute atomic E-state index is 0.153. The largest absolute Gasteiger partial charge is 0.462 e.